The number of anilines is 1. The van der Waals surface area contributed by atoms with Gasteiger partial charge in [-0.25, -0.2) is 0 Å². The molecular formula is C25H31F3N4O3. The second-order valence-electron chi connectivity index (χ2n) is 9.54. The molecule has 2 aliphatic rings. The van der Waals surface area contributed by atoms with E-state index >= 15 is 0 Å². The molecule has 7 nitrogen and oxygen atoms in total. The SMILES string of the molecule is CC(C)OCCn1ccc(NC(=O)[C@H](CC2CCCC2)N2Cc3c(cccc3C(F)(F)F)C2=O)n1. The van der Waals surface area contributed by atoms with Crippen molar-refractivity contribution in [3.63, 3.8) is 0 Å². The number of halogens is 3. The normalized spacial score (nSPS) is 17.3. The van der Waals surface area contributed by atoms with Gasteiger partial charge in [0.2, 0.25) is 5.91 Å². The lowest BCUT2D eigenvalue weighted by Gasteiger charge is -2.29. The summed E-state index contributed by atoms with van der Waals surface area (Å²) in [4.78, 5) is 27.8. The number of nitrogens with zero attached hydrogens (tertiary/aromatic N) is 3. The van der Waals surface area contributed by atoms with Gasteiger partial charge in [-0.15, -0.1) is 0 Å². The molecule has 1 aromatic heterocycles. The van der Waals surface area contributed by atoms with Crippen molar-refractivity contribution in [3.05, 3.63) is 47.2 Å². The molecule has 2 amide bonds. The fraction of sp³-hybridized carbons (Fsp3) is 0.560. The Morgan fingerprint density at radius 3 is 2.66 bits per heavy atom. The van der Waals surface area contributed by atoms with Gasteiger partial charge in [-0.05, 0) is 43.9 Å². The summed E-state index contributed by atoms with van der Waals surface area (Å²) in [5.41, 5.74) is -0.879. The third kappa shape index (κ3) is 5.86. The number of carbonyl (C=O) groups is 2. The number of carbonyl (C=O) groups excluding carboxylic acids is 2. The lowest BCUT2D eigenvalue weighted by atomic mass is 9.96. The first-order chi connectivity index (χ1) is 16.6. The molecule has 1 N–H and O–H groups in total. The zero-order valence-corrected chi connectivity index (χ0v) is 20.0. The first kappa shape index (κ1) is 25.2. The monoisotopic (exact) mass is 492 g/mol. The number of benzene rings is 1. The number of fused-ring (bicyclic) bond motifs is 1. The van der Waals surface area contributed by atoms with Crippen LogP contribution in [0.25, 0.3) is 0 Å². The second kappa shape index (κ2) is 10.4. The molecule has 2 heterocycles. The Kier molecular flexibility index (Phi) is 7.49. The van der Waals surface area contributed by atoms with Crippen LogP contribution in [-0.4, -0.2) is 45.2 Å². The van der Waals surface area contributed by atoms with Crippen LogP contribution in [0.2, 0.25) is 0 Å². The maximum absolute atomic E-state index is 13.6. The van der Waals surface area contributed by atoms with Crippen molar-refractivity contribution < 1.29 is 27.5 Å². The molecule has 1 fully saturated rings. The highest BCUT2D eigenvalue weighted by molar-refractivity contribution is 6.03. The van der Waals surface area contributed by atoms with Crippen molar-refractivity contribution in [2.75, 3.05) is 11.9 Å². The molecule has 1 aliphatic carbocycles. The molecular weight excluding hydrogens is 461 g/mol. The number of nitrogens with one attached hydrogen (secondary N) is 1. The number of rotatable bonds is 9. The average Bonchev–Trinajstić information content (AvgIpc) is 3.52. The van der Waals surface area contributed by atoms with E-state index in [9.17, 15) is 22.8 Å². The largest absolute Gasteiger partial charge is 0.416 e. The molecule has 0 radical (unpaired) electrons. The van der Waals surface area contributed by atoms with Crippen LogP contribution in [0.4, 0.5) is 19.0 Å². The third-order valence-corrected chi connectivity index (χ3v) is 6.67. The Bertz CT molecular complexity index is 1060. The van der Waals surface area contributed by atoms with Crippen LogP contribution in [0, 0.1) is 5.92 Å². The second-order valence-corrected chi connectivity index (χ2v) is 9.54. The molecule has 1 atom stereocenters. The van der Waals surface area contributed by atoms with Crippen molar-refractivity contribution in [2.45, 2.75) is 77.4 Å². The Balaban J connectivity index is 1.52. The maximum atomic E-state index is 13.6. The Morgan fingerprint density at radius 1 is 1.23 bits per heavy atom. The Hall–Kier alpha value is -2.88. The van der Waals surface area contributed by atoms with Crippen molar-refractivity contribution >= 4 is 17.6 Å². The van der Waals surface area contributed by atoms with Gasteiger partial charge >= 0.3 is 6.18 Å². The fourth-order valence-corrected chi connectivity index (χ4v) is 4.95. The quantitative estimate of drug-likeness (QED) is 0.542. The van der Waals surface area contributed by atoms with E-state index in [1.807, 2.05) is 13.8 Å². The standard InChI is InChI=1S/C25H31F3N4O3/c1-16(2)35-13-12-31-11-10-22(30-31)29-23(33)21(14-17-6-3-4-7-17)32-15-19-18(24(32)34)8-5-9-20(19)25(26,27)28/h5,8-11,16-17,21H,3-4,6-7,12-15H2,1-2H3,(H,29,30,33)/t21-/m0/s1. The van der Waals surface area contributed by atoms with E-state index in [2.05, 4.69) is 10.4 Å². The molecule has 2 aromatic rings. The van der Waals surface area contributed by atoms with Crippen molar-refractivity contribution in [3.8, 4) is 0 Å². The molecule has 190 valence electrons. The van der Waals surface area contributed by atoms with Crippen LogP contribution < -0.4 is 5.32 Å². The molecule has 10 heteroatoms. The van der Waals surface area contributed by atoms with Crippen LogP contribution in [0.5, 0.6) is 0 Å². The van der Waals surface area contributed by atoms with Gasteiger partial charge in [0.05, 0.1) is 24.8 Å². The molecule has 0 unspecified atom stereocenters. The minimum Gasteiger partial charge on any atom is -0.377 e. The van der Waals surface area contributed by atoms with Crippen molar-refractivity contribution in [1.29, 1.82) is 0 Å². The summed E-state index contributed by atoms with van der Waals surface area (Å²) >= 11 is 0. The minimum atomic E-state index is -4.57. The van der Waals surface area contributed by atoms with E-state index in [1.165, 1.54) is 17.0 Å². The van der Waals surface area contributed by atoms with Crippen LogP contribution >= 0.6 is 0 Å². The van der Waals surface area contributed by atoms with E-state index in [0.717, 1.165) is 31.7 Å². The molecule has 1 saturated carbocycles. The van der Waals surface area contributed by atoms with E-state index in [0.29, 0.717) is 25.4 Å². The summed E-state index contributed by atoms with van der Waals surface area (Å²) in [6.07, 6.45) is 1.64. The molecule has 0 saturated heterocycles. The Morgan fingerprint density at radius 2 is 1.97 bits per heavy atom. The van der Waals surface area contributed by atoms with E-state index in [-0.39, 0.29) is 29.7 Å². The summed E-state index contributed by atoms with van der Waals surface area (Å²) < 4.78 is 47.9. The highest BCUT2D eigenvalue weighted by atomic mass is 19.4. The molecule has 1 aliphatic heterocycles. The first-order valence-electron chi connectivity index (χ1n) is 12.1. The maximum Gasteiger partial charge on any atom is 0.416 e. The zero-order chi connectivity index (χ0) is 25.2. The number of hydrogen-bond acceptors (Lipinski definition) is 4. The number of alkyl halides is 3. The summed E-state index contributed by atoms with van der Waals surface area (Å²) in [6.45, 7) is 4.62. The average molecular weight is 493 g/mol. The highest BCUT2D eigenvalue weighted by Crippen LogP contribution is 2.39. The summed E-state index contributed by atoms with van der Waals surface area (Å²) in [5, 5.41) is 7.12. The predicted molar refractivity (Wildman–Crippen MR) is 124 cm³/mol. The van der Waals surface area contributed by atoms with Gasteiger partial charge in [-0.1, -0.05) is 31.7 Å². The molecule has 35 heavy (non-hydrogen) atoms. The van der Waals surface area contributed by atoms with Crippen molar-refractivity contribution in [1.82, 2.24) is 14.7 Å². The first-order valence-corrected chi connectivity index (χ1v) is 12.1. The summed E-state index contributed by atoms with van der Waals surface area (Å²) in [7, 11) is 0. The summed E-state index contributed by atoms with van der Waals surface area (Å²) in [6, 6.07) is 4.40. The molecule has 1 aromatic carbocycles. The van der Waals surface area contributed by atoms with Gasteiger partial charge in [0, 0.05) is 24.4 Å². The van der Waals surface area contributed by atoms with Gasteiger partial charge in [0.1, 0.15) is 6.04 Å². The van der Waals surface area contributed by atoms with Gasteiger partial charge in [-0.3, -0.25) is 14.3 Å². The Labute approximate surface area is 202 Å². The van der Waals surface area contributed by atoms with E-state index < -0.39 is 29.6 Å². The van der Waals surface area contributed by atoms with Crippen molar-refractivity contribution in [2.24, 2.45) is 5.92 Å². The highest BCUT2D eigenvalue weighted by Gasteiger charge is 2.43. The lowest BCUT2D eigenvalue weighted by Crippen LogP contribution is -2.45. The van der Waals surface area contributed by atoms with Gasteiger partial charge in [0.15, 0.2) is 5.82 Å². The van der Waals surface area contributed by atoms with Gasteiger partial charge in [0.25, 0.3) is 5.91 Å². The van der Waals surface area contributed by atoms with Crippen LogP contribution in [0.1, 0.15) is 67.4 Å². The van der Waals surface area contributed by atoms with Gasteiger partial charge in [-0.2, -0.15) is 18.3 Å². The molecule has 0 bridgehead atoms. The van der Waals surface area contributed by atoms with Crippen LogP contribution in [-0.2, 0) is 28.8 Å². The number of hydrogen-bond donors (Lipinski definition) is 1. The minimum absolute atomic E-state index is 0.0125. The third-order valence-electron chi connectivity index (χ3n) is 6.67. The van der Waals surface area contributed by atoms with Crippen LogP contribution in [0.15, 0.2) is 30.5 Å². The van der Waals surface area contributed by atoms with Gasteiger partial charge < -0.3 is 15.0 Å². The topological polar surface area (TPSA) is 76.5 Å². The molecule has 4 rings (SSSR count). The molecule has 0 spiro atoms. The number of aromatic nitrogens is 2. The fourth-order valence-electron chi connectivity index (χ4n) is 4.95. The van der Waals surface area contributed by atoms with E-state index in [1.54, 1.807) is 16.9 Å². The lowest BCUT2D eigenvalue weighted by molar-refractivity contribution is -0.138. The number of amides is 2. The van der Waals surface area contributed by atoms with Crippen LogP contribution in [0.3, 0.4) is 0 Å². The van der Waals surface area contributed by atoms with E-state index in [4.69, 9.17) is 4.74 Å². The summed E-state index contributed by atoms with van der Waals surface area (Å²) in [5.74, 6) is -0.401. The number of ether oxygens (including phenoxy) is 1. The zero-order valence-electron chi connectivity index (χ0n) is 20.0. The smallest absolute Gasteiger partial charge is 0.377 e. The predicted octanol–water partition coefficient (Wildman–Crippen LogP) is 4.87.